The molecule has 152 valence electrons. The summed E-state index contributed by atoms with van der Waals surface area (Å²) in [5.41, 5.74) is 2.57. The van der Waals surface area contributed by atoms with Gasteiger partial charge < -0.3 is 20.0 Å². The zero-order valence-electron chi connectivity index (χ0n) is 17.0. The van der Waals surface area contributed by atoms with Crippen molar-refractivity contribution in [2.75, 3.05) is 63.7 Å². The number of hydrogen-bond donors (Lipinski definition) is 1. The molecule has 1 aliphatic heterocycles. The second-order valence-corrected chi connectivity index (χ2v) is 6.95. The minimum Gasteiger partial charge on any atom is -0.378 e. The first-order valence-electron chi connectivity index (χ1n) is 9.55. The maximum atomic E-state index is 4.47. The van der Waals surface area contributed by atoms with Crippen LogP contribution in [0.4, 0.5) is 11.5 Å². The fourth-order valence-electron chi connectivity index (χ4n) is 3.30. The van der Waals surface area contributed by atoms with Crippen molar-refractivity contribution < 1.29 is 0 Å². The number of nitrogens with one attached hydrogen (secondary N) is 1. The van der Waals surface area contributed by atoms with Crippen LogP contribution in [0.5, 0.6) is 0 Å². The maximum absolute atomic E-state index is 4.47. The lowest BCUT2D eigenvalue weighted by atomic mass is 10.1. The first-order chi connectivity index (χ1) is 13.2. The summed E-state index contributed by atoms with van der Waals surface area (Å²) >= 11 is 0. The van der Waals surface area contributed by atoms with Gasteiger partial charge in [0.05, 0.1) is 0 Å². The average Bonchev–Trinajstić information content (AvgIpc) is 2.72. The Hall–Kier alpha value is -2.03. The van der Waals surface area contributed by atoms with E-state index in [-0.39, 0.29) is 24.0 Å². The molecule has 2 aromatic rings. The van der Waals surface area contributed by atoms with Crippen LogP contribution in [0, 0.1) is 0 Å². The molecule has 1 aliphatic rings. The number of aromatic nitrogens is 1. The Morgan fingerprint density at radius 2 is 1.79 bits per heavy atom. The lowest BCUT2D eigenvalue weighted by Gasteiger charge is -2.37. The quantitative estimate of drug-likeness (QED) is 0.394. The molecule has 0 bridgehead atoms. The second kappa shape index (κ2) is 11.1. The van der Waals surface area contributed by atoms with Crippen LogP contribution in [0.25, 0.3) is 0 Å². The molecule has 1 fully saturated rings. The van der Waals surface area contributed by atoms with Crippen molar-refractivity contribution in [2.45, 2.75) is 6.42 Å². The van der Waals surface area contributed by atoms with Gasteiger partial charge in [-0.2, -0.15) is 0 Å². The van der Waals surface area contributed by atoms with Gasteiger partial charge in [-0.3, -0.25) is 4.99 Å². The van der Waals surface area contributed by atoms with Gasteiger partial charge in [-0.25, -0.2) is 4.98 Å². The summed E-state index contributed by atoms with van der Waals surface area (Å²) in [5, 5.41) is 3.51. The van der Waals surface area contributed by atoms with Gasteiger partial charge in [-0.1, -0.05) is 18.2 Å². The minimum atomic E-state index is 0. The first-order valence-corrected chi connectivity index (χ1v) is 9.55. The predicted molar refractivity (Wildman–Crippen MR) is 129 cm³/mol. The number of guanidine groups is 1. The number of rotatable bonds is 5. The molecule has 0 unspecified atom stereocenters. The van der Waals surface area contributed by atoms with E-state index in [1.54, 1.807) is 0 Å². The summed E-state index contributed by atoms with van der Waals surface area (Å²) in [6.07, 6.45) is 2.84. The number of piperazine rings is 1. The number of anilines is 2. The number of nitrogens with zero attached hydrogens (tertiary/aromatic N) is 5. The van der Waals surface area contributed by atoms with E-state index in [2.05, 4.69) is 74.4 Å². The Kier molecular flexibility index (Phi) is 8.82. The zero-order chi connectivity index (χ0) is 19.1. The number of halogens is 1. The number of hydrogen-bond acceptors (Lipinski definition) is 4. The molecule has 7 heteroatoms. The Morgan fingerprint density at radius 3 is 2.36 bits per heavy atom. The van der Waals surface area contributed by atoms with Crippen molar-refractivity contribution >= 4 is 41.4 Å². The molecule has 1 saturated heterocycles. The Labute approximate surface area is 185 Å². The van der Waals surface area contributed by atoms with E-state index in [0.29, 0.717) is 0 Å². The minimum absolute atomic E-state index is 0. The molecular formula is C21H31IN6. The monoisotopic (exact) mass is 494 g/mol. The highest BCUT2D eigenvalue weighted by Crippen LogP contribution is 2.13. The number of pyridine rings is 1. The Bertz CT molecular complexity index is 724. The van der Waals surface area contributed by atoms with Crippen LogP contribution < -0.4 is 15.1 Å². The third-order valence-corrected chi connectivity index (χ3v) is 4.91. The largest absolute Gasteiger partial charge is 0.378 e. The Balaban J connectivity index is 0.00000280. The van der Waals surface area contributed by atoms with Crippen molar-refractivity contribution in [3.8, 4) is 0 Å². The molecule has 0 amide bonds. The van der Waals surface area contributed by atoms with Crippen LogP contribution in [0.3, 0.4) is 0 Å². The number of aliphatic imine (C=N–C) groups is 1. The molecule has 2 heterocycles. The fourth-order valence-corrected chi connectivity index (χ4v) is 3.30. The van der Waals surface area contributed by atoms with E-state index < -0.39 is 0 Å². The summed E-state index contributed by atoms with van der Waals surface area (Å²) in [7, 11) is 5.99. The first kappa shape index (κ1) is 22.3. The van der Waals surface area contributed by atoms with E-state index in [1.165, 1.54) is 11.3 Å². The van der Waals surface area contributed by atoms with Gasteiger partial charge in [0.2, 0.25) is 0 Å². The highest BCUT2D eigenvalue weighted by atomic mass is 127. The SMILES string of the molecule is CN=C(NCCc1ccc(N(C)C)cc1)N1CCN(c2ccccn2)CC1.I. The van der Waals surface area contributed by atoms with Gasteiger partial charge >= 0.3 is 0 Å². The molecule has 0 atom stereocenters. The summed E-state index contributed by atoms with van der Waals surface area (Å²) in [6.45, 7) is 4.71. The van der Waals surface area contributed by atoms with Crippen LogP contribution >= 0.6 is 24.0 Å². The summed E-state index contributed by atoms with van der Waals surface area (Å²) in [4.78, 5) is 15.7. The molecule has 0 aliphatic carbocycles. The van der Waals surface area contributed by atoms with Crippen LogP contribution in [0.1, 0.15) is 5.56 Å². The highest BCUT2D eigenvalue weighted by molar-refractivity contribution is 14.0. The van der Waals surface area contributed by atoms with Gasteiger partial charge in [0.15, 0.2) is 5.96 Å². The van der Waals surface area contributed by atoms with Crippen molar-refractivity contribution in [3.05, 3.63) is 54.2 Å². The Morgan fingerprint density at radius 1 is 1.07 bits per heavy atom. The molecule has 6 nitrogen and oxygen atoms in total. The van der Waals surface area contributed by atoms with Gasteiger partial charge in [-0.05, 0) is 36.2 Å². The molecule has 1 aromatic carbocycles. The summed E-state index contributed by atoms with van der Waals surface area (Å²) in [5.74, 6) is 2.04. The van der Waals surface area contributed by atoms with E-state index in [0.717, 1.165) is 50.9 Å². The second-order valence-electron chi connectivity index (χ2n) is 6.95. The van der Waals surface area contributed by atoms with Crippen LogP contribution in [-0.2, 0) is 6.42 Å². The summed E-state index contributed by atoms with van der Waals surface area (Å²) < 4.78 is 0. The van der Waals surface area contributed by atoms with Crippen molar-refractivity contribution in [1.82, 2.24) is 15.2 Å². The lowest BCUT2D eigenvalue weighted by molar-refractivity contribution is 0.372. The third kappa shape index (κ3) is 5.98. The van der Waals surface area contributed by atoms with Crippen LogP contribution in [0.15, 0.2) is 53.7 Å². The van der Waals surface area contributed by atoms with Crippen molar-refractivity contribution in [1.29, 1.82) is 0 Å². The zero-order valence-corrected chi connectivity index (χ0v) is 19.3. The van der Waals surface area contributed by atoms with Gasteiger partial charge in [0, 0.05) is 65.8 Å². The van der Waals surface area contributed by atoms with E-state index in [9.17, 15) is 0 Å². The topological polar surface area (TPSA) is 47.0 Å². The molecule has 3 rings (SSSR count). The van der Waals surface area contributed by atoms with Crippen LogP contribution in [0.2, 0.25) is 0 Å². The molecule has 28 heavy (non-hydrogen) atoms. The molecule has 0 spiro atoms. The van der Waals surface area contributed by atoms with E-state index in [1.807, 2.05) is 25.4 Å². The van der Waals surface area contributed by atoms with E-state index >= 15 is 0 Å². The standard InChI is InChI=1S/C21H30N6.HI/c1-22-21(24-13-11-18-7-9-19(10-8-18)25(2)3)27-16-14-26(15-17-27)20-6-4-5-12-23-20;/h4-10,12H,11,13-17H2,1-3H3,(H,22,24);1H. The van der Waals surface area contributed by atoms with Gasteiger partial charge in [0.25, 0.3) is 0 Å². The molecule has 0 radical (unpaired) electrons. The van der Waals surface area contributed by atoms with Crippen molar-refractivity contribution in [3.63, 3.8) is 0 Å². The van der Waals surface area contributed by atoms with Gasteiger partial charge in [-0.15, -0.1) is 24.0 Å². The normalized spacial score (nSPS) is 14.5. The highest BCUT2D eigenvalue weighted by Gasteiger charge is 2.20. The predicted octanol–water partition coefficient (Wildman–Crippen LogP) is 2.71. The van der Waals surface area contributed by atoms with Gasteiger partial charge in [0.1, 0.15) is 5.82 Å². The lowest BCUT2D eigenvalue weighted by Crippen LogP contribution is -2.53. The molecule has 1 N–H and O–H groups in total. The smallest absolute Gasteiger partial charge is 0.193 e. The molecule has 0 saturated carbocycles. The van der Waals surface area contributed by atoms with Crippen molar-refractivity contribution in [2.24, 2.45) is 4.99 Å². The maximum Gasteiger partial charge on any atom is 0.193 e. The third-order valence-electron chi connectivity index (χ3n) is 4.91. The number of benzene rings is 1. The van der Waals surface area contributed by atoms with E-state index in [4.69, 9.17) is 0 Å². The molecular weight excluding hydrogens is 463 g/mol. The molecule has 1 aromatic heterocycles. The fraction of sp³-hybridized carbons (Fsp3) is 0.429. The summed E-state index contributed by atoms with van der Waals surface area (Å²) in [6, 6.07) is 14.8. The average molecular weight is 494 g/mol. The van der Waals surface area contributed by atoms with Crippen LogP contribution in [-0.4, -0.2) is 69.7 Å².